The number of methoxy groups -OCH3 is 1. The van der Waals surface area contributed by atoms with Crippen molar-refractivity contribution in [1.29, 1.82) is 0 Å². The van der Waals surface area contributed by atoms with Crippen molar-refractivity contribution in [1.82, 2.24) is 5.32 Å². The maximum Gasteiger partial charge on any atom is 0.341 e. The molecule has 2 unspecified atom stereocenters. The lowest BCUT2D eigenvalue weighted by Crippen LogP contribution is -2.25. The van der Waals surface area contributed by atoms with Crippen molar-refractivity contribution in [2.24, 2.45) is 0 Å². The van der Waals surface area contributed by atoms with Gasteiger partial charge in [-0.3, -0.25) is 0 Å². The first-order chi connectivity index (χ1) is 9.13. The third-order valence-electron chi connectivity index (χ3n) is 3.66. The first-order valence-electron chi connectivity index (χ1n) is 6.57. The van der Waals surface area contributed by atoms with Crippen LogP contribution in [0.4, 0.5) is 0 Å². The van der Waals surface area contributed by atoms with E-state index in [-0.39, 0.29) is 5.97 Å². The average Bonchev–Trinajstić information content (AvgIpc) is 3.01. The molecule has 0 saturated heterocycles. The van der Waals surface area contributed by atoms with E-state index in [4.69, 9.17) is 9.15 Å². The second-order valence-electron chi connectivity index (χ2n) is 4.92. The Balaban J connectivity index is 1.88. The van der Waals surface area contributed by atoms with Crippen molar-refractivity contribution in [3.8, 4) is 0 Å². The number of rotatable bonds is 5. The molecule has 2 rings (SSSR count). The Hall–Kier alpha value is -0.940. The number of hydrogen-bond donors (Lipinski definition) is 1. The fourth-order valence-electron chi connectivity index (χ4n) is 2.53. The van der Waals surface area contributed by atoms with Crippen LogP contribution in [0.25, 0.3) is 0 Å². The molecule has 2 atom stereocenters. The number of aryl methyl sites for hydroxylation is 1. The van der Waals surface area contributed by atoms with Gasteiger partial charge in [0, 0.05) is 11.3 Å². The zero-order valence-electron chi connectivity index (χ0n) is 11.7. The quantitative estimate of drug-likeness (QED) is 0.842. The Kier molecular flexibility index (Phi) is 4.93. The highest BCUT2D eigenvalue weighted by atomic mass is 32.2. The molecule has 1 fully saturated rings. The van der Waals surface area contributed by atoms with Crippen LogP contribution in [0, 0.1) is 6.92 Å². The topological polar surface area (TPSA) is 51.5 Å². The van der Waals surface area contributed by atoms with E-state index in [0.717, 1.165) is 11.0 Å². The number of carbonyl (C=O) groups is 1. The molecule has 0 spiro atoms. The number of esters is 1. The van der Waals surface area contributed by atoms with Crippen LogP contribution in [0.15, 0.2) is 10.5 Å². The van der Waals surface area contributed by atoms with Crippen molar-refractivity contribution in [2.75, 3.05) is 13.4 Å². The van der Waals surface area contributed by atoms with Gasteiger partial charge in [-0.05, 0) is 38.5 Å². The lowest BCUT2D eigenvalue weighted by atomic mass is 10.2. The van der Waals surface area contributed by atoms with Crippen LogP contribution in [-0.4, -0.2) is 30.6 Å². The Morgan fingerprint density at radius 3 is 3.00 bits per heavy atom. The summed E-state index contributed by atoms with van der Waals surface area (Å²) in [5, 5.41) is 4.28. The molecule has 1 N–H and O–H groups in total. The lowest BCUT2D eigenvalue weighted by Gasteiger charge is -2.11. The standard InChI is InChI=1S/C14H21NO3S/c1-9-13(14(16)17-2)7-11(18-9)8-15-10-4-5-12(6-10)19-3/h7,10,12,15H,4-6,8H2,1-3H3. The van der Waals surface area contributed by atoms with Crippen molar-refractivity contribution in [3.05, 3.63) is 23.2 Å². The van der Waals surface area contributed by atoms with Gasteiger partial charge in [-0.25, -0.2) is 4.79 Å². The van der Waals surface area contributed by atoms with E-state index < -0.39 is 0 Å². The molecular weight excluding hydrogens is 262 g/mol. The van der Waals surface area contributed by atoms with Gasteiger partial charge in [-0.15, -0.1) is 0 Å². The molecule has 1 aromatic heterocycles. The Morgan fingerprint density at radius 1 is 1.58 bits per heavy atom. The maximum atomic E-state index is 11.5. The summed E-state index contributed by atoms with van der Waals surface area (Å²) >= 11 is 1.95. The molecule has 106 valence electrons. The van der Waals surface area contributed by atoms with Gasteiger partial charge < -0.3 is 14.5 Å². The number of furan rings is 1. The van der Waals surface area contributed by atoms with Gasteiger partial charge in [0.25, 0.3) is 0 Å². The minimum absolute atomic E-state index is 0.337. The lowest BCUT2D eigenvalue weighted by molar-refractivity contribution is 0.0599. The largest absolute Gasteiger partial charge is 0.465 e. The van der Waals surface area contributed by atoms with Crippen LogP contribution in [0.2, 0.25) is 0 Å². The van der Waals surface area contributed by atoms with Gasteiger partial charge in [0.1, 0.15) is 17.1 Å². The zero-order chi connectivity index (χ0) is 13.8. The van der Waals surface area contributed by atoms with Crippen LogP contribution in [0.1, 0.15) is 41.1 Å². The van der Waals surface area contributed by atoms with E-state index in [1.807, 2.05) is 11.8 Å². The summed E-state index contributed by atoms with van der Waals surface area (Å²) in [5.74, 6) is 1.08. The van der Waals surface area contributed by atoms with E-state index in [2.05, 4.69) is 11.6 Å². The van der Waals surface area contributed by atoms with E-state index in [1.54, 1.807) is 13.0 Å². The summed E-state index contributed by atoms with van der Waals surface area (Å²) in [6, 6.07) is 2.33. The molecule has 1 aliphatic carbocycles. The van der Waals surface area contributed by atoms with Gasteiger partial charge >= 0.3 is 5.97 Å². The highest BCUT2D eigenvalue weighted by Crippen LogP contribution is 2.28. The maximum absolute atomic E-state index is 11.5. The number of ether oxygens (including phenoxy) is 1. The molecule has 1 heterocycles. The molecule has 0 radical (unpaired) electrons. The SMILES string of the molecule is COC(=O)c1cc(CNC2CCC(SC)C2)oc1C. The van der Waals surface area contributed by atoms with Crippen LogP contribution in [0.3, 0.4) is 0 Å². The second-order valence-corrected chi connectivity index (χ2v) is 6.06. The van der Waals surface area contributed by atoms with Crippen molar-refractivity contribution < 1.29 is 13.9 Å². The van der Waals surface area contributed by atoms with E-state index in [9.17, 15) is 4.79 Å². The van der Waals surface area contributed by atoms with E-state index in [0.29, 0.717) is 23.9 Å². The Labute approximate surface area is 118 Å². The molecular formula is C14H21NO3S. The van der Waals surface area contributed by atoms with Crippen LogP contribution >= 0.6 is 11.8 Å². The summed E-state index contributed by atoms with van der Waals surface area (Å²) < 4.78 is 10.3. The number of nitrogens with one attached hydrogen (secondary N) is 1. The highest BCUT2D eigenvalue weighted by Gasteiger charge is 2.24. The molecule has 4 nitrogen and oxygen atoms in total. The van der Waals surface area contributed by atoms with Crippen molar-refractivity contribution in [3.63, 3.8) is 0 Å². The predicted octanol–water partition coefficient (Wildman–Crippen LogP) is 2.75. The smallest absolute Gasteiger partial charge is 0.341 e. The van der Waals surface area contributed by atoms with E-state index >= 15 is 0 Å². The first kappa shape index (κ1) is 14.5. The fourth-order valence-corrected chi connectivity index (χ4v) is 3.32. The molecule has 1 aliphatic rings. The Morgan fingerprint density at radius 2 is 2.37 bits per heavy atom. The number of carbonyl (C=O) groups excluding carboxylic acids is 1. The van der Waals surface area contributed by atoms with Gasteiger partial charge in [-0.2, -0.15) is 11.8 Å². The predicted molar refractivity (Wildman–Crippen MR) is 76.6 cm³/mol. The molecule has 0 aromatic carbocycles. The third kappa shape index (κ3) is 3.54. The molecule has 5 heteroatoms. The summed E-state index contributed by atoms with van der Waals surface area (Å²) in [7, 11) is 1.38. The molecule has 1 saturated carbocycles. The van der Waals surface area contributed by atoms with Gasteiger partial charge in [0.05, 0.1) is 13.7 Å². The molecule has 0 amide bonds. The number of thioether (sulfide) groups is 1. The van der Waals surface area contributed by atoms with Crippen LogP contribution in [-0.2, 0) is 11.3 Å². The highest BCUT2D eigenvalue weighted by molar-refractivity contribution is 7.99. The normalized spacial score (nSPS) is 22.7. The third-order valence-corrected chi connectivity index (χ3v) is 4.75. The van der Waals surface area contributed by atoms with Gasteiger partial charge in [-0.1, -0.05) is 0 Å². The molecule has 0 aliphatic heterocycles. The Bertz CT molecular complexity index is 444. The monoisotopic (exact) mass is 283 g/mol. The summed E-state index contributed by atoms with van der Waals surface area (Å²) in [6.07, 6.45) is 5.88. The fraction of sp³-hybridized carbons (Fsp3) is 0.643. The molecule has 0 bridgehead atoms. The summed E-state index contributed by atoms with van der Waals surface area (Å²) in [5.41, 5.74) is 0.521. The average molecular weight is 283 g/mol. The van der Waals surface area contributed by atoms with Crippen molar-refractivity contribution in [2.45, 2.75) is 44.0 Å². The zero-order valence-corrected chi connectivity index (χ0v) is 12.5. The molecule has 1 aromatic rings. The van der Waals surface area contributed by atoms with Crippen LogP contribution < -0.4 is 5.32 Å². The van der Waals surface area contributed by atoms with Crippen LogP contribution in [0.5, 0.6) is 0 Å². The molecule has 19 heavy (non-hydrogen) atoms. The minimum atomic E-state index is -0.337. The summed E-state index contributed by atoms with van der Waals surface area (Å²) in [4.78, 5) is 11.5. The minimum Gasteiger partial charge on any atom is -0.465 e. The van der Waals surface area contributed by atoms with Crippen molar-refractivity contribution >= 4 is 17.7 Å². The van der Waals surface area contributed by atoms with E-state index in [1.165, 1.54) is 26.4 Å². The van der Waals surface area contributed by atoms with Gasteiger partial charge in [0.2, 0.25) is 0 Å². The van der Waals surface area contributed by atoms with Gasteiger partial charge in [0.15, 0.2) is 0 Å². The second kappa shape index (κ2) is 6.48. The number of hydrogen-bond acceptors (Lipinski definition) is 5. The first-order valence-corrected chi connectivity index (χ1v) is 7.86. The summed E-state index contributed by atoms with van der Waals surface area (Å²) in [6.45, 7) is 2.46.